The Morgan fingerprint density at radius 2 is 1.95 bits per heavy atom. The fourth-order valence-electron chi connectivity index (χ4n) is 4.04. The summed E-state index contributed by atoms with van der Waals surface area (Å²) in [5.74, 6) is 1.05. The minimum atomic E-state index is -0.778. The van der Waals surface area contributed by atoms with Gasteiger partial charge in [-0.2, -0.15) is 5.26 Å². The Balaban J connectivity index is 1.87. The molecule has 0 unspecified atom stereocenters. The summed E-state index contributed by atoms with van der Waals surface area (Å²) in [5.41, 5.74) is 1.32. The molecule has 202 valence electrons. The molecule has 2 heterocycles. The number of aromatic nitrogens is 1. The van der Waals surface area contributed by atoms with Crippen molar-refractivity contribution < 1.29 is 23.7 Å². The average Bonchev–Trinajstić information content (AvgIpc) is 3.23. The molecule has 0 bridgehead atoms. The number of methoxy groups -OCH3 is 1. The quantitative estimate of drug-likeness (QED) is 0.242. The summed E-state index contributed by atoms with van der Waals surface area (Å²) in [7, 11) is 1.29. The van der Waals surface area contributed by atoms with Crippen LogP contribution >= 0.6 is 49.9 Å². The summed E-state index contributed by atoms with van der Waals surface area (Å²) in [6.45, 7) is 4.55. The molecule has 0 radical (unpaired) electrons. The van der Waals surface area contributed by atoms with Crippen molar-refractivity contribution in [3.05, 3.63) is 81.0 Å². The van der Waals surface area contributed by atoms with Crippen molar-refractivity contribution in [1.82, 2.24) is 4.57 Å². The number of halogens is 2. The second-order valence-corrected chi connectivity index (χ2v) is 11.0. The van der Waals surface area contributed by atoms with Gasteiger partial charge in [-0.25, -0.2) is 9.79 Å². The minimum absolute atomic E-state index is 0.0777. The molecule has 1 aromatic heterocycles. The van der Waals surface area contributed by atoms with E-state index in [1.165, 1.54) is 29.2 Å². The first kappa shape index (κ1) is 28.8. The highest BCUT2D eigenvalue weighted by Gasteiger charge is 2.31. The van der Waals surface area contributed by atoms with Crippen LogP contribution in [-0.2, 0) is 9.53 Å². The fraction of sp³-hybridized carbons (Fsp3) is 0.259. The van der Waals surface area contributed by atoms with E-state index in [-0.39, 0.29) is 17.7 Å². The topological polar surface area (TPSA) is 112 Å². The number of ether oxygens (including phenoxy) is 4. The smallest absolute Gasteiger partial charge is 0.337 e. The third kappa shape index (κ3) is 6.05. The van der Waals surface area contributed by atoms with Crippen LogP contribution in [0.5, 0.6) is 17.2 Å². The fourth-order valence-corrected chi connectivity index (χ4v) is 6.78. The van der Waals surface area contributed by atoms with Crippen LogP contribution in [0.15, 0.2) is 56.4 Å². The van der Waals surface area contributed by atoms with E-state index >= 15 is 0 Å². The zero-order chi connectivity index (χ0) is 28.1. The first-order chi connectivity index (χ1) is 18.8. The van der Waals surface area contributed by atoms with Gasteiger partial charge in [-0.3, -0.25) is 9.36 Å². The molecular formula is C27H23BrIN3O6S. The van der Waals surface area contributed by atoms with Crippen molar-refractivity contribution in [3.63, 3.8) is 0 Å². The molecular weight excluding hydrogens is 701 g/mol. The van der Waals surface area contributed by atoms with Gasteiger partial charge in [-0.15, -0.1) is 0 Å². The molecule has 39 heavy (non-hydrogen) atoms. The van der Waals surface area contributed by atoms with Crippen LogP contribution < -0.4 is 29.1 Å². The van der Waals surface area contributed by atoms with Crippen molar-refractivity contribution in [2.75, 3.05) is 26.9 Å². The Hall–Kier alpha value is -3.15. The third-order valence-corrected chi connectivity index (χ3v) is 7.99. The number of carbonyl (C=O) groups is 1. The summed E-state index contributed by atoms with van der Waals surface area (Å²) >= 11 is 6.82. The number of rotatable bonds is 9. The summed E-state index contributed by atoms with van der Waals surface area (Å²) in [5, 5.41) is 8.83. The Labute approximate surface area is 250 Å². The molecule has 2 aromatic carbocycles. The number of carbonyl (C=O) groups excluding carboxylic acids is 1. The molecule has 0 amide bonds. The van der Waals surface area contributed by atoms with Crippen LogP contribution in [0.2, 0.25) is 0 Å². The lowest BCUT2D eigenvalue weighted by molar-refractivity contribution is -0.136. The number of benzene rings is 2. The lowest BCUT2D eigenvalue weighted by Crippen LogP contribution is -2.39. The van der Waals surface area contributed by atoms with Gasteiger partial charge in [0.1, 0.15) is 11.8 Å². The Kier molecular flexibility index (Phi) is 9.47. The summed E-state index contributed by atoms with van der Waals surface area (Å²) in [4.78, 5) is 31.4. The zero-order valence-electron chi connectivity index (χ0n) is 21.2. The first-order valence-corrected chi connectivity index (χ1v) is 14.5. The van der Waals surface area contributed by atoms with Crippen LogP contribution in [0.4, 0.5) is 0 Å². The Bertz CT molecular complexity index is 1650. The van der Waals surface area contributed by atoms with Crippen LogP contribution in [0.1, 0.15) is 31.0 Å². The molecule has 1 atom stereocenters. The maximum Gasteiger partial charge on any atom is 0.337 e. The van der Waals surface area contributed by atoms with Crippen LogP contribution in [0.3, 0.4) is 0 Å². The highest BCUT2D eigenvalue weighted by atomic mass is 127. The summed E-state index contributed by atoms with van der Waals surface area (Å²) < 4.78 is 25.4. The SMILES string of the molecule is CCOc1ccc([C@@H]2C(C(=O)OC)=CN=c3s/c(=C\c4cc(Br)c(OCC#N)c(I)c4)c(=O)n32)cc1OCC. The van der Waals surface area contributed by atoms with Gasteiger partial charge in [0.05, 0.1) is 44.5 Å². The van der Waals surface area contributed by atoms with Crippen LogP contribution in [-0.4, -0.2) is 37.5 Å². The summed E-state index contributed by atoms with van der Waals surface area (Å²) in [6.07, 6.45) is 3.21. The summed E-state index contributed by atoms with van der Waals surface area (Å²) in [6, 6.07) is 10.2. The zero-order valence-corrected chi connectivity index (χ0v) is 25.8. The van der Waals surface area contributed by atoms with Gasteiger partial charge in [-0.1, -0.05) is 17.4 Å². The molecule has 1 aliphatic heterocycles. The number of fused-ring (bicyclic) bond motifs is 1. The van der Waals surface area contributed by atoms with Gasteiger partial charge < -0.3 is 18.9 Å². The maximum atomic E-state index is 13.8. The molecule has 4 rings (SSSR count). The maximum absolute atomic E-state index is 13.8. The van der Waals surface area contributed by atoms with E-state index in [1.807, 2.05) is 32.0 Å². The Morgan fingerprint density at radius 3 is 2.62 bits per heavy atom. The van der Waals surface area contributed by atoms with Crippen LogP contribution in [0, 0.1) is 14.9 Å². The molecule has 0 spiro atoms. The van der Waals surface area contributed by atoms with Gasteiger partial charge in [-0.05, 0) is 93.8 Å². The molecule has 0 N–H and O–H groups in total. The van der Waals surface area contributed by atoms with E-state index in [1.54, 1.807) is 24.3 Å². The number of hydrogen-bond acceptors (Lipinski definition) is 9. The van der Waals surface area contributed by atoms with Crippen molar-refractivity contribution in [1.29, 1.82) is 5.26 Å². The van der Waals surface area contributed by atoms with E-state index in [9.17, 15) is 9.59 Å². The van der Waals surface area contributed by atoms with E-state index in [2.05, 4.69) is 43.5 Å². The first-order valence-electron chi connectivity index (χ1n) is 11.8. The standard InChI is InChI=1S/C27H23BrIN3O6S/c1-4-36-20-7-6-16(13-21(20)37-5-2)23-17(26(34)35-3)14-31-27-32(23)25(33)22(39-27)12-15-10-18(28)24(19(29)11-15)38-9-8-30/h6-7,10-14,23H,4-5,9H2,1-3H3/b22-12-/t23-/m1/s1. The molecule has 9 nitrogen and oxygen atoms in total. The molecule has 0 saturated heterocycles. The second kappa shape index (κ2) is 12.8. The second-order valence-electron chi connectivity index (χ2n) is 8.01. The highest BCUT2D eigenvalue weighted by molar-refractivity contribution is 14.1. The number of thiazole rings is 1. The predicted octanol–water partition coefficient (Wildman–Crippen LogP) is 4.08. The molecule has 1 aliphatic rings. The lowest BCUT2D eigenvalue weighted by Gasteiger charge is -2.23. The predicted molar refractivity (Wildman–Crippen MR) is 158 cm³/mol. The normalized spacial score (nSPS) is 14.5. The molecule has 0 aliphatic carbocycles. The molecule has 3 aromatic rings. The molecule has 12 heteroatoms. The van der Waals surface area contributed by atoms with Crippen molar-refractivity contribution in [2.45, 2.75) is 19.9 Å². The van der Waals surface area contributed by atoms with Gasteiger partial charge >= 0.3 is 5.97 Å². The molecule has 0 saturated carbocycles. The van der Waals surface area contributed by atoms with E-state index < -0.39 is 12.0 Å². The number of nitrogens with zero attached hydrogens (tertiary/aromatic N) is 3. The van der Waals surface area contributed by atoms with Gasteiger partial charge in [0.2, 0.25) is 0 Å². The monoisotopic (exact) mass is 723 g/mol. The molecule has 0 fully saturated rings. The van der Waals surface area contributed by atoms with E-state index in [0.29, 0.717) is 49.8 Å². The van der Waals surface area contributed by atoms with Crippen LogP contribution in [0.25, 0.3) is 6.08 Å². The van der Waals surface area contributed by atoms with Gasteiger partial charge in [0, 0.05) is 6.20 Å². The lowest BCUT2D eigenvalue weighted by atomic mass is 9.97. The van der Waals surface area contributed by atoms with E-state index in [0.717, 1.165) is 9.13 Å². The van der Waals surface area contributed by atoms with Crippen molar-refractivity contribution in [2.24, 2.45) is 4.99 Å². The number of nitriles is 1. The number of esters is 1. The Morgan fingerprint density at radius 1 is 1.21 bits per heavy atom. The largest absolute Gasteiger partial charge is 0.490 e. The van der Waals surface area contributed by atoms with E-state index in [4.69, 9.17) is 24.2 Å². The minimum Gasteiger partial charge on any atom is -0.490 e. The van der Waals surface area contributed by atoms with Crippen molar-refractivity contribution in [3.8, 4) is 23.3 Å². The highest BCUT2D eigenvalue weighted by Crippen LogP contribution is 2.35. The third-order valence-electron chi connectivity index (χ3n) is 5.61. The number of hydrogen-bond donors (Lipinski definition) is 0. The van der Waals surface area contributed by atoms with Gasteiger partial charge in [0.15, 0.2) is 22.9 Å². The van der Waals surface area contributed by atoms with Gasteiger partial charge in [0.25, 0.3) is 5.56 Å². The van der Waals surface area contributed by atoms with Crippen molar-refractivity contribution >= 4 is 61.9 Å². The average molecular weight is 724 g/mol.